The van der Waals surface area contributed by atoms with Crippen molar-refractivity contribution in [2.24, 2.45) is 5.92 Å². The normalized spacial score (nSPS) is 23.4. The molecule has 0 aromatic carbocycles. The summed E-state index contributed by atoms with van der Waals surface area (Å²) in [5, 5.41) is 9.87. The molecule has 1 aromatic rings. The topological polar surface area (TPSA) is 95.2 Å². The highest BCUT2D eigenvalue weighted by Gasteiger charge is 2.33. The fraction of sp³-hybridized carbons (Fsp3) is 0.714. The highest BCUT2D eigenvalue weighted by Crippen LogP contribution is 2.42. The molecule has 2 fully saturated rings. The van der Waals surface area contributed by atoms with Crippen LogP contribution in [0.5, 0.6) is 0 Å². The van der Waals surface area contributed by atoms with Crippen molar-refractivity contribution in [1.82, 2.24) is 14.5 Å². The van der Waals surface area contributed by atoms with Gasteiger partial charge in [0, 0.05) is 19.0 Å². The van der Waals surface area contributed by atoms with Gasteiger partial charge >= 0.3 is 0 Å². The van der Waals surface area contributed by atoms with Crippen LogP contribution in [-0.2, 0) is 14.8 Å². The molecule has 22 heavy (non-hydrogen) atoms. The summed E-state index contributed by atoms with van der Waals surface area (Å²) in [4.78, 5) is 12.4. The Bertz CT molecular complexity index is 651. The van der Waals surface area contributed by atoms with E-state index < -0.39 is 10.0 Å². The molecule has 3 rings (SSSR count). The van der Waals surface area contributed by atoms with Crippen molar-refractivity contribution in [2.45, 2.75) is 38.5 Å². The van der Waals surface area contributed by atoms with Crippen molar-refractivity contribution >= 4 is 21.6 Å². The third-order valence-electron chi connectivity index (χ3n) is 4.43. The van der Waals surface area contributed by atoms with Gasteiger partial charge in [0.15, 0.2) is 0 Å². The largest absolute Gasteiger partial charge is 0.323 e. The van der Waals surface area contributed by atoms with Gasteiger partial charge in [-0.2, -0.15) is 5.10 Å². The van der Waals surface area contributed by atoms with Crippen LogP contribution in [0.4, 0.5) is 5.69 Å². The van der Waals surface area contributed by atoms with Crippen LogP contribution in [-0.4, -0.2) is 47.7 Å². The monoisotopic (exact) mass is 326 g/mol. The van der Waals surface area contributed by atoms with E-state index in [9.17, 15) is 13.2 Å². The number of sulfonamides is 1. The molecule has 2 heterocycles. The molecule has 2 aliphatic rings. The summed E-state index contributed by atoms with van der Waals surface area (Å²) in [5.41, 5.74) is 1.73. The number of rotatable bonds is 5. The molecule has 1 amide bonds. The maximum absolute atomic E-state index is 12.4. The van der Waals surface area contributed by atoms with Gasteiger partial charge < -0.3 is 5.32 Å². The molecule has 122 valence electrons. The number of carbonyl (C=O) groups is 1. The number of hydrogen-bond acceptors (Lipinski definition) is 4. The summed E-state index contributed by atoms with van der Waals surface area (Å²) in [6, 6.07) is 0. The number of anilines is 1. The van der Waals surface area contributed by atoms with E-state index in [-0.39, 0.29) is 24.1 Å². The number of nitrogens with one attached hydrogen (secondary N) is 2. The standard InChI is InChI=1S/C14H22N4O3S/c1-2-22(20,21)18-7-3-4-11(9-18)14(19)16-12-8-15-17-13(12)10-5-6-10/h8,10-11H,2-7,9H2,1H3,(H,15,17)(H,16,19). The molecular formula is C14H22N4O3S. The summed E-state index contributed by atoms with van der Waals surface area (Å²) in [5.74, 6) is 0.145. The minimum Gasteiger partial charge on any atom is -0.323 e. The number of piperidine rings is 1. The highest BCUT2D eigenvalue weighted by atomic mass is 32.2. The van der Waals surface area contributed by atoms with Crippen LogP contribution in [0.25, 0.3) is 0 Å². The van der Waals surface area contributed by atoms with Crippen LogP contribution in [0.2, 0.25) is 0 Å². The molecular weight excluding hydrogens is 304 g/mol. The molecule has 1 aliphatic carbocycles. The summed E-state index contributed by atoms with van der Waals surface area (Å²) in [7, 11) is -3.23. The van der Waals surface area contributed by atoms with Crippen LogP contribution in [0.3, 0.4) is 0 Å². The Kier molecular flexibility index (Phi) is 4.22. The van der Waals surface area contributed by atoms with Crippen LogP contribution in [0.15, 0.2) is 6.20 Å². The lowest BCUT2D eigenvalue weighted by molar-refractivity contribution is -0.120. The first-order valence-electron chi connectivity index (χ1n) is 7.83. The molecule has 1 unspecified atom stereocenters. The van der Waals surface area contributed by atoms with Crippen LogP contribution in [0, 0.1) is 5.92 Å². The van der Waals surface area contributed by atoms with E-state index in [4.69, 9.17) is 0 Å². The van der Waals surface area contributed by atoms with Crippen molar-refractivity contribution < 1.29 is 13.2 Å². The van der Waals surface area contributed by atoms with E-state index in [0.717, 1.165) is 37.1 Å². The van der Waals surface area contributed by atoms with Gasteiger partial charge in [0.05, 0.1) is 29.2 Å². The third kappa shape index (κ3) is 3.17. The second-order valence-electron chi connectivity index (χ2n) is 6.06. The van der Waals surface area contributed by atoms with E-state index in [1.807, 2.05) is 0 Å². The minimum absolute atomic E-state index is 0.0783. The average molecular weight is 326 g/mol. The number of aromatic nitrogens is 2. The molecule has 1 saturated heterocycles. The fourth-order valence-corrected chi connectivity index (χ4v) is 4.08. The van der Waals surface area contributed by atoms with Crippen molar-refractivity contribution in [3.05, 3.63) is 11.9 Å². The number of carbonyl (C=O) groups excluding carboxylic acids is 1. The van der Waals surface area contributed by atoms with Gasteiger partial charge in [-0.1, -0.05) is 0 Å². The SMILES string of the molecule is CCS(=O)(=O)N1CCCC(C(=O)Nc2cn[nH]c2C2CC2)C1. The van der Waals surface area contributed by atoms with E-state index in [1.54, 1.807) is 13.1 Å². The van der Waals surface area contributed by atoms with E-state index in [1.165, 1.54) is 4.31 Å². The predicted octanol–water partition coefficient (Wildman–Crippen LogP) is 1.29. The lowest BCUT2D eigenvalue weighted by atomic mass is 9.98. The lowest BCUT2D eigenvalue weighted by Crippen LogP contribution is -2.44. The molecule has 1 saturated carbocycles. The summed E-state index contributed by atoms with van der Waals surface area (Å²) in [6.07, 6.45) is 5.32. The van der Waals surface area contributed by atoms with E-state index >= 15 is 0 Å². The first-order valence-corrected chi connectivity index (χ1v) is 9.44. The molecule has 0 spiro atoms. The molecule has 0 radical (unpaired) electrons. The third-order valence-corrected chi connectivity index (χ3v) is 6.27. The Balaban J connectivity index is 1.65. The van der Waals surface area contributed by atoms with E-state index in [2.05, 4.69) is 15.5 Å². The zero-order valence-corrected chi connectivity index (χ0v) is 13.5. The second kappa shape index (κ2) is 6.00. The van der Waals surface area contributed by atoms with Crippen molar-refractivity contribution in [3.8, 4) is 0 Å². The van der Waals surface area contributed by atoms with Gasteiger partial charge in [0.2, 0.25) is 15.9 Å². The van der Waals surface area contributed by atoms with Crippen molar-refractivity contribution in [2.75, 3.05) is 24.2 Å². The number of amides is 1. The predicted molar refractivity (Wildman–Crippen MR) is 83.0 cm³/mol. The number of aromatic amines is 1. The maximum atomic E-state index is 12.4. The Hall–Kier alpha value is -1.41. The quantitative estimate of drug-likeness (QED) is 0.852. The van der Waals surface area contributed by atoms with Gasteiger partial charge in [0.1, 0.15) is 0 Å². The summed E-state index contributed by atoms with van der Waals surface area (Å²) in [6.45, 7) is 2.42. The van der Waals surface area contributed by atoms with Gasteiger partial charge in [0.25, 0.3) is 0 Å². The smallest absolute Gasteiger partial charge is 0.228 e. The number of H-pyrrole nitrogens is 1. The molecule has 1 aromatic heterocycles. The van der Waals surface area contributed by atoms with Crippen molar-refractivity contribution in [1.29, 1.82) is 0 Å². The minimum atomic E-state index is -3.23. The number of hydrogen-bond donors (Lipinski definition) is 2. The Morgan fingerprint density at radius 1 is 1.45 bits per heavy atom. The van der Waals surface area contributed by atoms with E-state index in [0.29, 0.717) is 12.5 Å². The van der Waals surface area contributed by atoms with Gasteiger partial charge in [-0.15, -0.1) is 0 Å². The average Bonchev–Trinajstić information content (AvgIpc) is 3.27. The Morgan fingerprint density at radius 3 is 2.91 bits per heavy atom. The first kappa shape index (κ1) is 15.5. The Labute approximate surface area is 130 Å². The lowest BCUT2D eigenvalue weighted by Gasteiger charge is -2.30. The maximum Gasteiger partial charge on any atom is 0.228 e. The van der Waals surface area contributed by atoms with Crippen LogP contribution >= 0.6 is 0 Å². The van der Waals surface area contributed by atoms with Crippen LogP contribution < -0.4 is 5.32 Å². The highest BCUT2D eigenvalue weighted by molar-refractivity contribution is 7.89. The summed E-state index contributed by atoms with van der Waals surface area (Å²) < 4.78 is 25.4. The molecule has 2 N–H and O–H groups in total. The summed E-state index contributed by atoms with van der Waals surface area (Å²) >= 11 is 0. The number of nitrogens with zero attached hydrogens (tertiary/aromatic N) is 2. The molecule has 1 atom stereocenters. The molecule has 7 nitrogen and oxygen atoms in total. The molecule has 1 aliphatic heterocycles. The van der Waals surface area contributed by atoms with Gasteiger partial charge in [-0.05, 0) is 32.6 Å². The van der Waals surface area contributed by atoms with Gasteiger partial charge in [-0.25, -0.2) is 12.7 Å². The fourth-order valence-electron chi connectivity index (χ4n) is 2.91. The molecule has 0 bridgehead atoms. The van der Waals surface area contributed by atoms with Crippen molar-refractivity contribution in [3.63, 3.8) is 0 Å². The molecule has 8 heteroatoms. The van der Waals surface area contributed by atoms with Crippen LogP contribution in [0.1, 0.15) is 44.2 Å². The Morgan fingerprint density at radius 2 is 2.23 bits per heavy atom. The zero-order chi connectivity index (χ0) is 15.7. The zero-order valence-electron chi connectivity index (χ0n) is 12.7. The first-order chi connectivity index (χ1) is 10.5. The second-order valence-corrected chi connectivity index (χ2v) is 8.32. The van der Waals surface area contributed by atoms with Gasteiger partial charge in [-0.3, -0.25) is 9.89 Å².